The van der Waals surface area contributed by atoms with E-state index in [9.17, 15) is 5.11 Å². The minimum absolute atomic E-state index is 0.567. The van der Waals surface area contributed by atoms with Gasteiger partial charge in [-0.15, -0.1) is 0 Å². The van der Waals surface area contributed by atoms with E-state index in [1.54, 1.807) is 12.4 Å². The molecule has 0 bridgehead atoms. The zero-order chi connectivity index (χ0) is 15.2. The van der Waals surface area contributed by atoms with Gasteiger partial charge in [-0.3, -0.25) is 4.98 Å². The molecule has 0 spiro atoms. The molecule has 1 N–H and O–H groups in total. The number of aliphatic hydroxyl groups excluding tert-OH is 1. The fourth-order valence-electron chi connectivity index (χ4n) is 2.26. The van der Waals surface area contributed by atoms with Gasteiger partial charge in [-0.05, 0) is 37.5 Å². The first-order valence-corrected chi connectivity index (χ1v) is 7.42. The van der Waals surface area contributed by atoms with Crippen LogP contribution in [0.2, 0.25) is 0 Å². The number of aryl methyl sites for hydroxylation is 2. The summed E-state index contributed by atoms with van der Waals surface area (Å²) < 4.78 is 5.57. The zero-order valence-corrected chi connectivity index (χ0v) is 13.0. The lowest BCUT2D eigenvalue weighted by atomic mass is 9.97. The van der Waals surface area contributed by atoms with Gasteiger partial charge < -0.3 is 9.84 Å². The number of aliphatic hydroxyl groups is 1. The molecule has 2 aromatic rings. The van der Waals surface area contributed by atoms with Crippen LogP contribution < -0.4 is 4.74 Å². The van der Waals surface area contributed by atoms with E-state index in [-0.39, 0.29) is 0 Å². The molecule has 0 aliphatic heterocycles. The van der Waals surface area contributed by atoms with Crippen LogP contribution in [0.25, 0.3) is 0 Å². The van der Waals surface area contributed by atoms with E-state index in [1.807, 2.05) is 6.07 Å². The van der Waals surface area contributed by atoms with E-state index in [2.05, 4.69) is 44.0 Å². The third-order valence-electron chi connectivity index (χ3n) is 3.51. The molecule has 0 amide bonds. The molecule has 0 saturated heterocycles. The van der Waals surface area contributed by atoms with E-state index in [4.69, 9.17) is 4.74 Å². The summed E-state index contributed by atoms with van der Waals surface area (Å²) in [5.41, 5.74) is 4.37. The summed E-state index contributed by atoms with van der Waals surface area (Å²) in [6, 6.07) is 8.18. The molecule has 1 heterocycles. The van der Waals surface area contributed by atoms with Gasteiger partial charge in [-0.25, -0.2) is 0 Å². The van der Waals surface area contributed by atoms with Crippen LogP contribution in [0, 0.1) is 13.8 Å². The van der Waals surface area contributed by atoms with Crippen molar-refractivity contribution in [1.82, 2.24) is 4.98 Å². The molecule has 1 aromatic carbocycles. The van der Waals surface area contributed by atoms with Gasteiger partial charge >= 0.3 is 0 Å². The third-order valence-corrected chi connectivity index (χ3v) is 3.51. The van der Waals surface area contributed by atoms with Gasteiger partial charge in [0.1, 0.15) is 5.75 Å². The lowest BCUT2D eigenvalue weighted by Crippen LogP contribution is -2.05. The van der Waals surface area contributed by atoms with Crippen LogP contribution in [-0.2, 0) is 6.42 Å². The summed E-state index contributed by atoms with van der Waals surface area (Å²) in [5.74, 6) is 0.717. The summed E-state index contributed by atoms with van der Waals surface area (Å²) in [6.45, 7) is 6.86. The van der Waals surface area contributed by atoms with Crippen molar-refractivity contribution < 1.29 is 9.84 Å². The first-order chi connectivity index (χ1) is 10.1. The molecule has 1 aromatic heterocycles. The zero-order valence-electron chi connectivity index (χ0n) is 13.0. The van der Waals surface area contributed by atoms with Gasteiger partial charge in [0.25, 0.3) is 0 Å². The standard InChI is InChI=1S/C18H23NO2/c1-4-7-21-17-9-16(11-19-12-17)18(20)10-15-8-13(2)5-6-14(15)3/h5-6,8-9,11-12,18,20H,4,7,10H2,1-3H3. The number of hydrogen-bond acceptors (Lipinski definition) is 3. The van der Waals surface area contributed by atoms with E-state index in [0.717, 1.165) is 17.7 Å². The van der Waals surface area contributed by atoms with Crippen LogP contribution in [0.1, 0.15) is 41.7 Å². The lowest BCUT2D eigenvalue weighted by Gasteiger charge is -2.14. The molecular weight excluding hydrogens is 262 g/mol. The molecule has 3 heteroatoms. The number of nitrogens with zero attached hydrogens (tertiary/aromatic N) is 1. The normalized spacial score (nSPS) is 12.2. The summed E-state index contributed by atoms with van der Waals surface area (Å²) in [6.07, 6.45) is 4.36. The number of pyridine rings is 1. The van der Waals surface area contributed by atoms with Crippen LogP contribution in [0.4, 0.5) is 0 Å². The van der Waals surface area contributed by atoms with E-state index < -0.39 is 6.10 Å². The predicted molar refractivity (Wildman–Crippen MR) is 84.6 cm³/mol. The topological polar surface area (TPSA) is 42.4 Å². The maximum atomic E-state index is 10.4. The van der Waals surface area contributed by atoms with E-state index >= 15 is 0 Å². The van der Waals surface area contributed by atoms with Gasteiger partial charge in [0.05, 0.1) is 18.9 Å². The average molecular weight is 285 g/mol. The molecule has 0 aliphatic carbocycles. The Balaban J connectivity index is 2.12. The van der Waals surface area contributed by atoms with Crippen molar-refractivity contribution in [2.45, 2.75) is 39.7 Å². The molecular formula is C18H23NO2. The minimum Gasteiger partial charge on any atom is -0.492 e. The van der Waals surface area contributed by atoms with Crippen LogP contribution in [0.15, 0.2) is 36.7 Å². The Kier molecular flexibility index (Phi) is 5.34. The second-order valence-corrected chi connectivity index (χ2v) is 5.45. The maximum Gasteiger partial charge on any atom is 0.137 e. The summed E-state index contributed by atoms with van der Waals surface area (Å²) >= 11 is 0. The molecule has 0 fully saturated rings. The largest absolute Gasteiger partial charge is 0.492 e. The van der Waals surface area contributed by atoms with Crippen molar-refractivity contribution in [2.75, 3.05) is 6.61 Å². The molecule has 1 atom stereocenters. The summed E-state index contributed by atoms with van der Waals surface area (Å²) in [7, 11) is 0. The van der Waals surface area contributed by atoms with Crippen LogP contribution in [0.3, 0.4) is 0 Å². The van der Waals surface area contributed by atoms with Gasteiger partial charge in [0.15, 0.2) is 0 Å². The summed E-state index contributed by atoms with van der Waals surface area (Å²) in [4.78, 5) is 4.16. The molecule has 1 unspecified atom stereocenters. The van der Waals surface area contributed by atoms with Crippen molar-refractivity contribution >= 4 is 0 Å². The second kappa shape index (κ2) is 7.23. The predicted octanol–water partition coefficient (Wildman–Crippen LogP) is 3.76. The number of rotatable bonds is 6. The second-order valence-electron chi connectivity index (χ2n) is 5.45. The van der Waals surface area contributed by atoms with Gasteiger partial charge in [0, 0.05) is 18.2 Å². The van der Waals surface area contributed by atoms with Crippen molar-refractivity contribution in [1.29, 1.82) is 0 Å². The maximum absolute atomic E-state index is 10.4. The Morgan fingerprint density at radius 1 is 1.19 bits per heavy atom. The lowest BCUT2D eigenvalue weighted by molar-refractivity contribution is 0.177. The van der Waals surface area contributed by atoms with Gasteiger partial charge in [-0.2, -0.15) is 0 Å². The monoisotopic (exact) mass is 285 g/mol. The smallest absolute Gasteiger partial charge is 0.137 e. The third kappa shape index (κ3) is 4.30. The number of ether oxygens (including phenoxy) is 1. The summed E-state index contributed by atoms with van der Waals surface area (Å²) in [5, 5.41) is 10.4. The molecule has 3 nitrogen and oxygen atoms in total. The van der Waals surface area contributed by atoms with Crippen molar-refractivity contribution in [3.63, 3.8) is 0 Å². The Hall–Kier alpha value is -1.87. The fraction of sp³-hybridized carbons (Fsp3) is 0.389. The Morgan fingerprint density at radius 2 is 2.00 bits per heavy atom. The highest BCUT2D eigenvalue weighted by Crippen LogP contribution is 2.23. The van der Waals surface area contributed by atoms with Gasteiger partial charge in [-0.1, -0.05) is 30.7 Å². The minimum atomic E-state index is -0.567. The van der Waals surface area contributed by atoms with Crippen molar-refractivity contribution in [3.8, 4) is 5.75 Å². The fourth-order valence-corrected chi connectivity index (χ4v) is 2.26. The number of aromatic nitrogens is 1. The molecule has 0 aliphatic rings. The molecule has 2 rings (SSSR count). The van der Waals surface area contributed by atoms with E-state index in [0.29, 0.717) is 13.0 Å². The molecule has 0 saturated carbocycles. The Labute approximate surface area is 126 Å². The molecule has 112 valence electrons. The van der Waals surface area contributed by atoms with Crippen LogP contribution >= 0.6 is 0 Å². The molecule has 21 heavy (non-hydrogen) atoms. The highest BCUT2D eigenvalue weighted by Gasteiger charge is 2.12. The highest BCUT2D eigenvalue weighted by atomic mass is 16.5. The van der Waals surface area contributed by atoms with E-state index in [1.165, 1.54) is 16.7 Å². The van der Waals surface area contributed by atoms with Crippen molar-refractivity contribution in [2.24, 2.45) is 0 Å². The first kappa shape index (κ1) is 15.5. The van der Waals surface area contributed by atoms with Crippen LogP contribution in [-0.4, -0.2) is 16.7 Å². The Bertz CT molecular complexity index is 596. The first-order valence-electron chi connectivity index (χ1n) is 7.42. The van der Waals surface area contributed by atoms with Crippen LogP contribution in [0.5, 0.6) is 5.75 Å². The number of hydrogen-bond donors (Lipinski definition) is 1. The average Bonchev–Trinajstić information content (AvgIpc) is 2.49. The SMILES string of the molecule is CCCOc1cncc(C(O)Cc2cc(C)ccc2C)c1. The number of benzene rings is 1. The Morgan fingerprint density at radius 3 is 2.76 bits per heavy atom. The highest BCUT2D eigenvalue weighted by molar-refractivity contribution is 5.33. The quantitative estimate of drug-likeness (QED) is 0.878. The van der Waals surface area contributed by atoms with Crippen molar-refractivity contribution in [3.05, 3.63) is 58.9 Å². The molecule has 0 radical (unpaired) electrons. The van der Waals surface area contributed by atoms with Gasteiger partial charge in [0.2, 0.25) is 0 Å².